The summed E-state index contributed by atoms with van der Waals surface area (Å²) in [5.74, 6) is 0. The molecule has 0 amide bonds. The zero-order valence-corrected chi connectivity index (χ0v) is 13.8. The summed E-state index contributed by atoms with van der Waals surface area (Å²) in [5, 5.41) is 0. The average molecular weight is 266 g/mol. The van der Waals surface area contributed by atoms with E-state index in [2.05, 4.69) is 40.7 Å². The van der Waals surface area contributed by atoms with E-state index >= 15 is 0 Å². The highest BCUT2D eigenvalue weighted by Gasteiger charge is 2.36. The molecule has 1 nitrogen and oxygen atoms in total. The van der Waals surface area contributed by atoms with Crippen molar-refractivity contribution >= 4 is 0 Å². The summed E-state index contributed by atoms with van der Waals surface area (Å²) >= 11 is 0. The summed E-state index contributed by atoms with van der Waals surface area (Å²) in [4.78, 5) is 0. The van der Waals surface area contributed by atoms with Crippen molar-refractivity contribution < 1.29 is 4.74 Å². The van der Waals surface area contributed by atoms with E-state index in [1.54, 1.807) is 0 Å². The molecule has 0 aromatic carbocycles. The fraction of sp³-hybridized carbons (Fsp3) is 0.889. The largest absolute Gasteiger partial charge is 0.375 e. The summed E-state index contributed by atoms with van der Waals surface area (Å²) in [6, 6.07) is 0. The van der Waals surface area contributed by atoms with Crippen molar-refractivity contribution in [2.24, 2.45) is 5.41 Å². The molecule has 1 fully saturated rings. The van der Waals surface area contributed by atoms with E-state index in [1.165, 1.54) is 50.5 Å². The molecule has 0 bridgehead atoms. The van der Waals surface area contributed by atoms with Gasteiger partial charge in [-0.3, -0.25) is 0 Å². The maximum Gasteiger partial charge on any atom is 0.0659 e. The van der Waals surface area contributed by atoms with Gasteiger partial charge >= 0.3 is 0 Å². The lowest BCUT2D eigenvalue weighted by Crippen LogP contribution is -2.39. The van der Waals surface area contributed by atoms with Gasteiger partial charge in [0.1, 0.15) is 0 Å². The van der Waals surface area contributed by atoms with Gasteiger partial charge in [0.2, 0.25) is 0 Å². The van der Waals surface area contributed by atoms with Crippen LogP contribution in [0.25, 0.3) is 0 Å². The summed E-state index contributed by atoms with van der Waals surface area (Å²) < 4.78 is 6.22. The van der Waals surface area contributed by atoms with Crippen LogP contribution >= 0.6 is 0 Å². The van der Waals surface area contributed by atoms with Crippen LogP contribution in [0.2, 0.25) is 0 Å². The predicted octanol–water partition coefficient (Wildman–Crippen LogP) is 5.89. The average Bonchev–Trinajstić information content (AvgIpc) is 2.27. The Morgan fingerprint density at radius 3 is 2.58 bits per heavy atom. The number of unbranched alkanes of at least 4 members (excludes halogenated alkanes) is 1. The van der Waals surface area contributed by atoms with Crippen LogP contribution in [0.15, 0.2) is 11.6 Å². The van der Waals surface area contributed by atoms with E-state index in [0.717, 1.165) is 13.0 Å². The molecule has 112 valence electrons. The number of rotatable bonds is 7. The molecule has 1 atom stereocenters. The van der Waals surface area contributed by atoms with Crippen molar-refractivity contribution in [2.45, 2.75) is 91.6 Å². The van der Waals surface area contributed by atoms with Gasteiger partial charge in [0.05, 0.1) is 5.60 Å². The van der Waals surface area contributed by atoms with Crippen molar-refractivity contribution in [1.29, 1.82) is 0 Å². The van der Waals surface area contributed by atoms with Crippen LogP contribution in [0.1, 0.15) is 86.0 Å². The molecular weight excluding hydrogens is 232 g/mol. The van der Waals surface area contributed by atoms with Crippen LogP contribution in [-0.2, 0) is 4.74 Å². The minimum atomic E-state index is 0.129. The van der Waals surface area contributed by atoms with Crippen molar-refractivity contribution in [3.8, 4) is 0 Å². The zero-order chi connectivity index (χ0) is 14.4. The molecule has 19 heavy (non-hydrogen) atoms. The van der Waals surface area contributed by atoms with E-state index in [0.29, 0.717) is 5.41 Å². The lowest BCUT2D eigenvalue weighted by Gasteiger charge is -2.42. The SMILES string of the molecule is CCC/C(C)=C\CCCO[C@@]1(C)CCCC(C)(C)C1. The van der Waals surface area contributed by atoms with Crippen LogP contribution in [-0.4, -0.2) is 12.2 Å². The van der Waals surface area contributed by atoms with Crippen LogP contribution in [0.3, 0.4) is 0 Å². The van der Waals surface area contributed by atoms with Crippen LogP contribution in [0.5, 0.6) is 0 Å². The second-order valence-electron chi connectivity index (χ2n) is 7.44. The quantitative estimate of drug-likeness (QED) is 0.412. The zero-order valence-electron chi connectivity index (χ0n) is 13.8. The highest BCUT2D eigenvalue weighted by Crippen LogP contribution is 2.42. The Kier molecular flexibility index (Phi) is 6.59. The van der Waals surface area contributed by atoms with Gasteiger partial charge in [-0.15, -0.1) is 0 Å². The van der Waals surface area contributed by atoms with Gasteiger partial charge in [0, 0.05) is 6.61 Å². The topological polar surface area (TPSA) is 9.23 Å². The van der Waals surface area contributed by atoms with Crippen LogP contribution in [0, 0.1) is 5.41 Å². The Morgan fingerprint density at radius 2 is 1.95 bits per heavy atom. The molecule has 0 aromatic heterocycles. The Labute approximate surface area is 120 Å². The highest BCUT2D eigenvalue weighted by atomic mass is 16.5. The lowest BCUT2D eigenvalue weighted by atomic mass is 9.70. The molecule has 0 heterocycles. The summed E-state index contributed by atoms with van der Waals surface area (Å²) in [6.45, 7) is 12.5. The van der Waals surface area contributed by atoms with Gasteiger partial charge in [0.15, 0.2) is 0 Å². The molecule has 0 saturated heterocycles. The van der Waals surface area contributed by atoms with Gasteiger partial charge in [0.25, 0.3) is 0 Å². The lowest BCUT2D eigenvalue weighted by molar-refractivity contribution is -0.0853. The Hall–Kier alpha value is -0.300. The third-order valence-electron chi connectivity index (χ3n) is 4.35. The molecule has 1 aliphatic rings. The summed E-state index contributed by atoms with van der Waals surface area (Å²) in [7, 11) is 0. The number of ether oxygens (including phenoxy) is 1. The number of hydrogen-bond acceptors (Lipinski definition) is 1. The monoisotopic (exact) mass is 266 g/mol. The normalized spacial score (nSPS) is 27.5. The molecule has 0 aromatic rings. The second kappa shape index (κ2) is 7.47. The van der Waals surface area contributed by atoms with E-state index in [9.17, 15) is 0 Å². The minimum absolute atomic E-state index is 0.129. The highest BCUT2D eigenvalue weighted by molar-refractivity contribution is 4.97. The predicted molar refractivity (Wildman–Crippen MR) is 84.5 cm³/mol. The third kappa shape index (κ3) is 6.61. The van der Waals surface area contributed by atoms with Gasteiger partial charge in [-0.25, -0.2) is 0 Å². The fourth-order valence-corrected chi connectivity index (χ4v) is 3.50. The van der Waals surface area contributed by atoms with Gasteiger partial charge in [-0.05, 0) is 57.8 Å². The molecule has 0 spiro atoms. The Bertz CT molecular complexity index is 290. The molecule has 0 unspecified atom stereocenters. The maximum absolute atomic E-state index is 6.22. The summed E-state index contributed by atoms with van der Waals surface area (Å²) in [5.41, 5.74) is 2.13. The van der Waals surface area contributed by atoms with Crippen molar-refractivity contribution in [3.05, 3.63) is 11.6 Å². The first-order valence-corrected chi connectivity index (χ1v) is 8.16. The molecule has 1 aliphatic carbocycles. The van der Waals surface area contributed by atoms with Gasteiger partial charge in [-0.2, -0.15) is 0 Å². The van der Waals surface area contributed by atoms with Crippen molar-refractivity contribution in [2.75, 3.05) is 6.61 Å². The third-order valence-corrected chi connectivity index (χ3v) is 4.35. The van der Waals surface area contributed by atoms with Crippen LogP contribution in [0.4, 0.5) is 0 Å². The number of hydrogen-bond donors (Lipinski definition) is 0. The maximum atomic E-state index is 6.22. The standard InChI is InChI=1S/C18H34O/c1-6-10-16(2)11-7-8-14-19-18(5)13-9-12-17(3,4)15-18/h11H,6-10,12-15H2,1-5H3/b16-11-/t18-/m0/s1. The molecule has 0 radical (unpaired) electrons. The first-order chi connectivity index (χ1) is 8.87. The summed E-state index contributed by atoms with van der Waals surface area (Å²) in [6.07, 6.45) is 12.3. The number of allylic oxidation sites excluding steroid dienone is 2. The van der Waals surface area contributed by atoms with Gasteiger partial charge in [-0.1, -0.05) is 45.3 Å². The molecule has 0 aliphatic heterocycles. The molecule has 1 saturated carbocycles. The molecular formula is C18H34O. The first-order valence-electron chi connectivity index (χ1n) is 8.16. The smallest absolute Gasteiger partial charge is 0.0659 e. The van der Waals surface area contributed by atoms with Crippen molar-refractivity contribution in [3.63, 3.8) is 0 Å². The fourth-order valence-electron chi connectivity index (χ4n) is 3.50. The molecule has 0 N–H and O–H groups in total. The van der Waals surface area contributed by atoms with Crippen LogP contribution < -0.4 is 0 Å². The van der Waals surface area contributed by atoms with E-state index in [4.69, 9.17) is 4.74 Å². The Morgan fingerprint density at radius 1 is 1.21 bits per heavy atom. The van der Waals surface area contributed by atoms with Crippen molar-refractivity contribution in [1.82, 2.24) is 0 Å². The Balaban J connectivity index is 2.23. The molecule has 1 rings (SSSR count). The van der Waals surface area contributed by atoms with E-state index in [1.807, 2.05) is 0 Å². The van der Waals surface area contributed by atoms with E-state index < -0.39 is 0 Å². The van der Waals surface area contributed by atoms with E-state index in [-0.39, 0.29) is 5.60 Å². The van der Waals surface area contributed by atoms with Gasteiger partial charge < -0.3 is 4.74 Å². The second-order valence-corrected chi connectivity index (χ2v) is 7.44. The minimum Gasteiger partial charge on any atom is -0.375 e. The first kappa shape index (κ1) is 16.8. The molecule has 1 heteroatoms.